The number of hydrogen-bond donors (Lipinski definition) is 0. The van der Waals surface area contributed by atoms with Crippen LogP contribution in [0.5, 0.6) is 0 Å². The molecule has 0 aliphatic rings. The third-order valence-electron chi connectivity index (χ3n) is 2.74. The molecule has 1 aromatic carbocycles. The number of benzene rings is 1. The molecular weight excluding hydrogens is 292 g/mol. The second-order valence-corrected chi connectivity index (χ2v) is 5.37. The smallest absolute Gasteiger partial charge is 0.404 e. The number of azo groups is 1. The van der Waals surface area contributed by atoms with Gasteiger partial charge in [0.25, 0.3) is 0 Å². The Kier molecular flexibility index (Phi) is 3.44. The maximum absolute atomic E-state index is 10.5. The van der Waals surface area contributed by atoms with Crippen LogP contribution in [0.1, 0.15) is 11.3 Å². The molecule has 3 aromatic rings. The first-order valence-corrected chi connectivity index (χ1v) is 6.91. The monoisotopic (exact) mass is 302 g/mol. The summed E-state index contributed by atoms with van der Waals surface area (Å²) in [6, 6.07) is 8.78. The van der Waals surface area contributed by atoms with Crippen molar-refractivity contribution in [3.63, 3.8) is 0 Å². The number of aromatic nitrogens is 1. The van der Waals surface area contributed by atoms with E-state index in [1.807, 2.05) is 25.1 Å². The van der Waals surface area contributed by atoms with Gasteiger partial charge in [0.05, 0.1) is 16.3 Å². The van der Waals surface area contributed by atoms with Gasteiger partial charge in [-0.1, -0.05) is 17.4 Å². The number of aryl methyl sites for hydroxylation is 1. The Hall–Kier alpha value is -2.61. The SMILES string of the molecule is Cc1ccc2nc(N=NCc3ccc([N+](=O)[O-])o3)sc2c1. The van der Waals surface area contributed by atoms with Crippen LogP contribution in [-0.4, -0.2) is 9.91 Å². The molecule has 7 nitrogen and oxygen atoms in total. The van der Waals surface area contributed by atoms with E-state index in [1.54, 1.807) is 0 Å². The van der Waals surface area contributed by atoms with Crippen LogP contribution in [0, 0.1) is 17.0 Å². The van der Waals surface area contributed by atoms with Crippen LogP contribution in [0.2, 0.25) is 0 Å². The lowest BCUT2D eigenvalue weighted by Gasteiger charge is -1.88. The summed E-state index contributed by atoms with van der Waals surface area (Å²) in [5, 5.41) is 19.0. The molecule has 0 fully saturated rings. The van der Waals surface area contributed by atoms with Gasteiger partial charge in [-0.15, -0.1) is 5.11 Å². The predicted molar refractivity (Wildman–Crippen MR) is 77.9 cm³/mol. The van der Waals surface area contributed by atoms with E-state index in [0.717, 1.165) is 15.8 Å². The number of nitro groups is 1. The molecule has 0 N–H and O–H groups in total. The molecule has 0 aliphatic carbocycles. The molecule has 21 heavy (non-hydrogen) atoms. The highest BCUT2D eigenvalue weighted by Crippen LogP contribution is 2.29. The van der Waals surface area contributed by atoms with Crippen LogP contribution in [0.15, 0.2) is 45.0 Å². The van der Waals surface area contributed by atoms with Gasteiger partial charge in [0.1, 0.15) is 17.2 Å². The van der Waals surface area contributed by atoms with Crippen LogP contribution in [-0.2, 0) is 6.54 Å². The van der Waals surface area contributed by atoms with Crippen molar-refractivity contribution in [2.45, 2.75) is 13.5 Å². The summed E-state index contributed by atoms with van der Waals surface area (Å²) >= 11 is 1.45. The first-order chi connectivity index (χ1) is 10.1. The molecule has 0 aliphatic heterocycles. The molecule has 0 atom stereocenters. The van der Waals surface area contributed by atoms with Crippen molar-refractivity contribution in [1.82, 2.24) is 4.98 Å². The first kappa shape index (κ1) is 13.4. The number of furan rings is 1. The van der Waals surface area contributed by atoms with E-state index in [-0.39, 0.29) is 12.4 Å². The van der Waals surface area contributed by atoms with E-state index < -0.39 is 4.92 Å². The lowest BCUT2D eigenvalue weighted by Crippen LogP contribution is -1.83. The van der Waals surface area contributed by atoms with E-state index >= 15 is 0 Å². The van der Waals surface area contributed by atoms with Gasteiger partial charge in [0.2, 0.25) is 5.13 Å². The summed E-state index contributed by atoms with van der Waals surface area (Å²) in [4.78, 5) is 14.2. The summed E-state index contributed by atoms with van der Waals surface area (Å²) in [5.41, 5.74) is 2.05. The van der Waals surface area contributed by atoms with Gasteiger partial charge in [-0.25, -0.2) is 4.98 Å². The maximum atomic E-state index is 10.5. The van der Waals surface area contributed by atoms with E-state index in [0.29, 0.717) is 10.9 Å². The minimum atomic E-state index is -0.587. The van der Waals surface area contributed by atoms with Gasteiger partial charge < -0.3 is 4.42 Å². The van der Waals surface area contributed by atoms with Crippen molar-refractivity contribution in [3.8, 4) is 0 Å². The molecule has 2 heterocycles. The van der Waals surface area contributed by atoms with Crippen molar-refractivity contribution >= 4 is 32.6 Å². The van der Waals surface area contributed by atoms with E-state index in [9.17, 15) is 10.1 Å². The van der Waals surface area contributed by atoms with Crippen molar-refractivity contribution in [1.29, 1.82) is 0 Å². The molecule has 0 radical (unpaired) electrons. The Morgan fingerprint density at radius 3 is 3.00 bits per heavy atom. The summed E-state index contributed by atoms with van der Waals surface area (Å²) in [6.07, 6.45) is 0. The minimum absolute atomic E-state index is 0.142. The third-order valence-corrected chi connectivity index (χ3v) is 3.65. The molecule has 3 rings (SSSR count). The highest BCUT2D eigenvalue weighted by Gasteiger charge is 2.11. The number of nitrogens with zero attached hydrogens (tertiary/aromatic N) is 4. The number of hydrogen-bond acceptors (Lipinski definition) is 7. The van der Waals surface area contributed by atoms with Crippen LogP contribution >= 0.6 is 11.3 Å². The number of rotatable bonds is 4. The molecule has 0 saturated carbocycles. The molecule has 0 amide bonds. The highest BCUT2D eigenvalue weighted by atomic mass is 32.1. The van der Waals surface area contributed by atoms with E-state index in [2.05, 4.69) is 15.2 Å². The van der Waals surface area contributed by atoms with Gasteiger partial charge in [-0.2, -0.15) is 5.11 Å². The standard InChI is InChI=1S/C13H10N4O3S/c1-8-2-4-10-11(6-8)21-13(15-10)16-14-7-9-3-5-12(20-9)17(18)19/h2-6H,7H2,1H3. The van der Waals surface area contributed by atoms with Crippen molar-refractivity contribution < 1.29 is 9.34 Å². The number of fused-ring (bicyclic) bond motifs is 1. The van der Waals surface area contributed by atoms with E-state index in [4.69, 9.17) is 4.42 Å². The molecule has 0 bridgehead atoms. The first-order valence-electron chi connectivity index (χ1n) is 6.09. The zero-order chi connectivity index (χ0) is 14.8. The Labute approximate surface area is 123 Å². The minimum Gasteiger partial charge on any atom is -0.404 e. The Bertz CT molecular complexity index is 837. The summed E-state index contributed by atoms with van der Waals surface area (Å²) < 4.78 is 6.04. The molecule has 0 saturated heterocycles. The van der Waals surface area contributed by atoms with Gasteiger partial charge >= 0.3 is 5.88 Å². The second kappa shape index (κ2) is 5.41. The normalized spacial score (nSPS) is 11.5. The van der Waals surface area contributed by atoms with Crippen LogP contribution in [0.3, 0.4) is 0 Å². The fraction of sp³-hybridized carbons (Fsp3) is 0.154. The van der Waals surface area contributed by atoms with Crippen molar-refractivity contribution in [3.05, 3.63) is 51.8 Å². The average Bonchev–Trinajstić information content (AvgIpc) is 3.04. The highest BCUT2D eigenvalue weighted by molar-refractivity contribution is 7.21. The molecule has 2 aromatic heterocycles. The van der Waals surface area contributed by atoms with Crippen LogP contribution in [0.4, 0.5) is 11.0 Å². The van der Waals surface area contributed by atoms with Gasteiger partial charge in [0, 0.05) is 0 Å². The molecule has 106 valence electrons. The topological polar surface area (TPSA) is 93.9 Å². The Balaban J connectivity index is 1.73. The summed E-state index contributed by atoms with van der Waals surface area (Å²) in [7, 11) is 0. The molecule has 8 heteroatoms. The average molecular weight is 302 g/mol. The lowest BCUT2D eigenvalue weighted by atomic mass is 10.2. The van der Waals surface area contributed by atoms with Crippen LogP contribution < -0.4 is 0 Å². The van der Waals surface area contributed by atoms with Crippen LogP contribution in [0.25, 0.3) is 10.2 Å². The lowest BCUT2D eigenvalue weighted by molar-refractivity contribution is -0.402. The third kappa shape index (κ3) is 2.95. The van der Waals surface area contributed by atoms with Gasteiger partial charge in [-0.3, -0.25) is 10.1 Å². The Morgan fingerprint density at radius 1 is 1.38 bits per heavy atom. The van der Waals surface area contributed by atoms with Gasteiger partial charge in [-0.05, 0) is 30.7 Å². The summed E-state index contributed by atoms with van der Waals surface area (Å²) in [5.74, 6) is 0.0954. The molecule has 0 unspecified atom stereocenters. The largest absolute Gasteiger partial charge is 0.433 e. The second-order valence-electron chi connectivity index (χ2n) is 4.36. The Morgan fingerprint density at radius 2 is 2.24 bits per heavy atom. The molecular formula is C13H10N4O3S. The van der Waals surface area contributed by atoms with E-state index in [1.165, 1.54) is 23.5 Å². The fourth-order valence-corrected chi connectivity index (χ4v) is 2.68. The zero-order valence-electron chi connectivity index (χ0n) is 11.0. The quantitative estimate of drug-likeness (QED) is 0.405. The van der Waals surface area contributed by atoms with Gasteiger partial charge in [0.15, 0.2) is 0 Å². The predicted octanol–water partition coefficient (Wildman–Crippen LogP) is 4.39. The zero-order valence-corrected chi connectivity index (χ0v) is 11.8. The van der Waals surface area contributed by atoms with Crippen molar-refractivity contribution in [2.75, 3.05) is 0 Å². The maximum Gasteiger partial charge on any atom is 0.433 e. The fourth-order valence-electron chi connectivity index (χ4n) is 1.78. The molecule has 0 spiro atoms. The van der Waals surface area contributed by atoms with Crippen molar-refractivity contribution in [2.24, 2.45) is 10.2 Å². The number of thiazole rings is 1. The summed E-state index contributed by atoms with van der Waals surface area (Å²) in [6.45, 7) is 2.16.